The summed E-state index contributed by atoms with van der Waals surface area (Å²) in [4.78, 5) is 0. The van der Waals surface area contributed by atoms with Crippen LogP contribution in [0.4, 0.5) is 0 Å². The third-order valence-corrected chi connectivity index (χ3v) is 2.48. The van der Waals surface area contributed by atoms with Crippen LogP contribution in [-0.2, 0) is 6.54 Å². The van der Waals surface area contributed by atoms with E-state index >= 15 is 0 Å². The summed E-state index contributed by atoms with van der Waals surface area (Å²) >= 11 is 6.03. The van der Waals surface area contributed by atoms with Crippen molar-refractivity contribution in [2.75, 3.05) is 7.11 Å². The van der Waals surface area contributed by atoms with Gasteiger partial charge in [0.25, 0.3) is 0 Å². The van der Waals surface area contributed by atoms with Crippen LogP contribution in [0, 0.1) is 0 Å². The van der Waals surface area contributed by atoms with Crippen LogP contribution < -0.4 is 4.74 Å². The fourth-order valence-electron chi connectivity index (χ4n) is 1.56. The molecule has 0 atom stereocenters. The molecule has 0 spiro atoms. The average Bonchev–Trinajstić information content (AvgIpc) is 2.55. The van der Waals surface area contributed by atoms with E-state index in [1.165, 1.54) is 0 Å². The highest BCUT2D eigenvalue weighted by Crippen LogP contribution is 2.31. The number of nitrogens with zero attached hydrogens (tertiary/aromatic N) is 2. The maximum Gasteiger partial charge on any atom is 0.162 e. The predicted molar refractivity (Wildman–Crippen MR) is 57.0 cm³/mol. The zero-order chi connectivity index (χ0) is 10.1. The summed E-state index contributed by atoms with van der Waals surface area (Å²) < 4.78 is 7.09. The molecule has 14 heavy (non-hydrogen) atoms. The van der Waals surface area contributed by atoms with E-state index in [9.17, 15) is 0 Å². The van der Waals surface area contributed by atoms with Gasteiger partial charge in [0.15, 0.2) is 5.15 Å². The minimum Gasteiger partial charge on any atom is -0.496 e. The van der Waals surface area contributed by atoms with E-state index in [1.807, 2.05) is 29.8 Å². The molecule has 0 amide bonds. The van der Waals surface area contributed by atoms with Crippen molar-refractivity contribution in [3.63, 3.8) is 0 Å². The highest BCUT2D eigenvalue weighted by Gasteiger charge is 2.11. The van der Waals surface area contributed by atoms with Crippen LogP contribution in [0.2, 0.25) is 5.15 Å². The first kappa shape index (κ1) is 9.34. The first-order chi connectivity index (χ1) is 6.77. The predicted octanol–water partition coefficient (Wildman–Crippen LogP) is 2.72. The first-order valence-corrected chi connectivity index (χ1v) is 4.84. The van der Waals surface area contributed by atoms with Crippen molar-refractivity contribution < 1.29 is 4.74 Å². The van der Waals surface area contributed by atoms with Gasteiger partial charge in [-0.2, -0.15) is 5.10 Å². The molecular weight excluding hydrogens is 200 g/mol. The Morgan fingerprint density at radius 2 is 2.29 bits per heavy atom. The van der Waals surface area contributed by atoms with Crippen LogP contribution in [0.5, 0.6) is 5.75 Å². The van der Waals surface area contributed by atoms with Gasteiger partial charge in [0.1, 0.15) is 5.75 Å². The van der Waals surface area contributed by atoms with Gasteiger partial charge in [0.05, 0.1) is 18.0 Å². The molecule has 1 heterocycles. The Morgan fingerprint density at radius 3 is 2.93 bits per heavy atom. The fraction of sp³-hybridized carbons (Fsp3) is 0.300. The molecule has 1 aromatic carbocycles. The molecule has 0 bridgehead atoms. The van der Waals surface area contributed by atoms with Gasteiger partial charge in [-0.05, 0) is 19.1 Å². The maximum atomic E-state index is 6.03. The molecule has 0 fully saturated rings. The van der Waals surface area contributed by atoms with E-state index in [4.69, 9.17) is 16.3 Å². The van der Waals surface area contributed by atoms with E-state index in [1.54, 1.807) is 7.11 Å². The van der Waals surface area contributed by atoms with E-state index in [-0.39, 0.29) is 0 Å². The standard InChI is InChI=1S/C10H11ClN2O/c1-3-13-7-5-4-6-8(14-2)9(7)10(11)12-13/h4-6H,3H2,1-2H3. The number of methoxy groups -OCH3 is 1. The average molecular weight is 211 g/mol. The molecule has 0 radical (unpaired) electrons. The molecule has 1 aromatic heterocycles. The van der Waals surface area contributed by atoms with E-state index < -0.39 is 0 Å². The van der Waals surface area contributed by atoms with Gasteiger partial charge in [0, 0.05) is 6.54 Å². The zero-order valence-electron chi connectivity index (χ0n) is 8.12. The zero-order valence-corrected chi connectivity index (χ0v) is 8.88. The molecule has 0 aliphatic heterocycles. The maximum absolute atomic E-state index is 6.03. The number of aryl methyl sites for hydroxylation is 1. The smallest absolute Gasteiger partial charge is 0.162 e. The monoisotopic (exact) mass is 210 g/mol. The first-order valence-electron chi connectivity index (χ1n) is 4.47. The topological polar surface area (TPSA) is 27.1 Å². The normalized spacial score (nSPS) is 10.8. The molecule has 0 aliphatic rings. The van der Waals surface area contributed by atoms with Crippen molar-refractivity contribution in [3.05, 3.63) is 23.4 Å². The number of hydrogen-bond acceptors (Lipinski definition) is 2. The number of halogens is 1. The second-order valence-electron chi connectivity index (χ2n) is 2.96. The summed E-state index contributed by atoms with van der Waals surface area (Å²) in [5.74, 6) is 0.771. The second-order valence-corrected chi connectivity index (χ2v) is 3.32. The summed E-state index contributed by atoms with van der Waals surface area (Å²) in [6.45, 7) is 2.83. The summed E-state index contributed by atoms with van der Waals surface area (Å²) in [5, 5.41) is 5.61. The van der Waals surface area contributed by atoms with Crippen molar-refractivity contribution in [2.45, 2.75) is 13.5 Å². The van der Waals surface area contributed by atoms with Gasteiger partial charge < -0.3 is 4.74 Å². The van der Waals surface area contributed by atoms with Crippen molar-refractivity contribution >= 4 is 22.5 Å². The third kappa shape index (κ3) is 1.24. The molecule has 2 rings (SSSR count). The van der Waals surface area contributed by atoms with Gasteiger partial charge >= 0.3 is 0 Å². The van der Waals surface area contributed by atoms with Gasteiger partial charge in [0.2, 0.25) is 0 Å². The van der Waals surface area contributed by atoms with Crippen LogP contribution in [-0.4, -0.2) is 16.9 Å². The number of rotatable bonds is 2. The lowest BCUT2D eigenvalue weighted by Gasteiger charge is -2.01. The van der Waals surface area contributed by atoms with Gasteiger partial charge in [-0.15, -0.1) is 0 Å². The summed E-state index contributed by atoms with van der Waals surface area (Å²) in [5.41, 5.74) is 1.01. The SMILES string of the molecule is CCn1nc(Cl)c2c(OC)cccc21. The molecule has 3 nitrogen and oxygen atoms in total. The molecule has 0 unspecified atom stereocenters. The Labute approximate surface area is 87.2 Å². The molecule has 2 aromatic rings. The Morgan fingerprint density at radius 1 is 1.50 bits per heavy atom. The van der Waals surface area contributed by atoms with Crippen molar-refractivity contribution in [3.8, 4) is 5.75 Å². The highest BCUT2D eigenvalue weighted by atomic mass is 35.5. The summed E-state index contributed by atoms with van der Waals surface area (Å²) in [7, 11) is 1.63. The van der Waals surface area contributed by atoms with Crippen LogP contribution in [0.1, 0.15) is 6.92 Å². The van der Waals surface area contributed by atoms with Crippen molar-refractivity contribution in [1.82, 2.24) is 9.78 Å². The molecule has 0 N–H and O–H groups in total. The molecule has 0 saturated carbocycles. The Bertz CT molecular complexity index is 464. The molecule has 0 saturated heterocycles. The molecule has 0 aliphatic carbocycles. The molecular formula is C10H11ClN2O. The lowest BCUT2D eigenvalue weighted by atomic mass is 10.2. The van der Waals surface area contributed by atoms with Gasteiger partial charge in [-0.1, -0.05) is 17.7 Å². The Kier molecular flexibility index (Phi) is 2.33. The lowest BCUT2D eigenvalue weighted by Crippen LogP contribution is -1.95. The van der Waals surface area contributed by atoms with Crippen molar-refractivity contribution in [1.29, 1.82) is 0 Å². The van der Waals surface area contributed by atoms with Crippen LogP contribution in [0.3, 0.4) is 0 Å². The second kappa shape index (κ2) is 3.50. The molecule has 4 heteroatoms. The fourth-order valence-corrected chi connectivity index (χ4v) is 1.84. The van der Waals surface area contributed by atoms with Crippen molar-refractivity contribution in [2.24, 2.45) is 0 Å². The Balaban J connectivity index is 2.81. The third-order valence-electron chi connectivity index (χ3n) is 2.22. The lowest BCUT2D eigenvalue weighted by molar-refractivity contribution is 0.420. The van der Waals surface area contributed by atoms with Crippen LogP contribution >= 0.6 is 11.6 Å². The van der Waals surface area contributed by atoms with Gasteiger partial charge in [-0.3, -0.25) is 4.68 Å². The van der Waals surface area contributed by atoms with Crippen LogP contribution in [0.25, 0.3) is 10.9 Å². The Hall–Kier alpha value is -1.22. The van der Waals surface area contributed by atoms with E-state index in [2.05, 4.69) is 5.10 Å². The quantitative estimate of drug-likeness (QED) is 0.762. The number of aromatic nitrogens is 2. The minimum atomic E-state index is 0.499. The summed E-state index contributed by atoms with van der Waals surface area (Å²) in [6.07, 6.45) is 0. The van der Waals surface area contributed by atoms with Gasteiger partial charge in [-0.25, -0.2) is 0 Å². The number of ether oxygens (including phenoxy) is 1. The van der Waals surface area contributed by atoms with E-state index in [0.717, 1.165) is 23.2 Å². The largest absolute Gasteiger partial charge is 0.496 e. The summed E-state index contributed by atoms with van der Waals surface area (Å²) in [6, 6.07) is 5.81. The minimum absolute atomic E-state index is 0.499. The number of fused-ring (bicyclic) bond motifs is 1. The highest BCUT2D eigenvalue weighted by molar-refractivity contribution is 6.34. The number of benzene rings is 1. The number of hydrogen-bond donors (Lipinski definition) is 0. The van der Waals surface area contributed by atoms with E-state index in [0.29, 0.717) is 5.15 Å². The molecule has 74 valence electrons. The van der Waals surface area contributed by atoms with Crippen LogP contribution in [0.15, 0.2) is 18.2 Å².